The molecule has 1 atom stereocenters. The maximum absolute atomic E-state index is 12.8. The first-order chi connectivity index (χ1) is 10.4. The summed E-state index contributed by atoms with van der Waals surface area (Å²) < 4.78 is 39.2. The number of hydrogen-bond acceptors (Lipinski definition) is 4. The number of hydrogen-bond donors (Lipinski definition) is 2. The molecule has 5 nitrogen and oxygen atoms in total. The number of aliphatic hydroxyl groups excluding tert-OH is 1. The van der Waals surface area contributed by atoms with Crippen LogP contribution in [0.1, 0.15) is 17.2 Å². The Balaban J connectivity index is 2.05. The molecule has 0 aliphatic heterocycles. The summed E-state index contributed by atoms with van der Waals surface area (Å²) in [7, 11) is -3.79. The van der Waals surface area contributed by atoms with Crippen molar-refractivity contribution in [3.05, 3.63) is 65.5 Å². The van der Waals surface area contributed by atoms with Gasteiger partial charge in [-0.05, 0) is 42.0 Å². The van der Waals surface area contributed by atoms with Crippen LogP contribution >= 0.6 is 0 Å². The van der Waals surface area contributed by atoms with Crippen LogP contribution in [-0.2, 0) is 10.0 Å². The Bertz CT molecular complexity index is 781. The van der Waals surface area contributed by atoms with E-state index in [9.17, 15) is 17.9 Å². The van der Waals surface area contributed by atoms with Crippen LogP contribution in [0.4, 0.5) is 4.39 Å². The van der Waals surface area contributed by atoms with Gasteiger partial charge in [0, 0.05) is 6.54 Å². The van der Waals surface area contributed by atoms with E-state index in [4.69, 9.17) is 5.26 Å². The maximum atomic E-state index is 12.8. The molecule has 0 aromatic heterocycles. The summed E-state index contributed by atoms with van der Waals surface area (Å²) in [6.07, 6.45) is -1.09. The third kappa shape index (κ3) is 3.89. The summed E-state index contributed by atoms with van der Waals surface area (Å²) in [6.45, 7) is -0.242. The topological polar surface area (TPSA) is 90.2 Å². The van der Waals surface area contributed by atoms with Gasteiger partial charge in [0.2, 0.25) is 10.0 Å². The molecule has 0 saturated carbocycles. The molecule has 0 radical (unpaired) electrons. The van der Waals surface area contributed by atoms with Crippen molar-refractivity contribution in [2.45, 2.75) is 11.0 Å². The Kier molecular flexibility index (Phi) is 4.88. The van der Waals surface area contributed by atoms with Crippen LogP contribution < -0.4 is 4.72 Å². The second kappa shape index (κ2) is 6.66. The zero-order valence-electron chi connectivity index (χ0n) is 11.4. The molecule has 2 aromatic rings. The van der Waals surface area contributed by atoms with E-state index in [-0.39, 0.29) is 11.4 Å². The zero-order chi connectivity index (χ0) is 16.2. The lowest BCUT2D eigenvalue weighted by molar-refractivity contribution is 0.182. The van der Waals surface area contributed by atoms with Crippen LogP contribution in [0, 0.1) is 17.1 Å². The number of nitrogens with one attached hydrogen (secondary N) is 1. The third-order valence-electron chi connectivity index (χ3n) is 3.02. The van der Waals surface area contributed by atoms with E-state index in [0.29, 0.717) is 11.1 Å². The predicted octanol–water partition coefficient (Wildman–Crippen LogP) is 1.71. The normalized spacial score (nSPS) is 12.6. The molecule has 0 spiro atoms. The SMILES string of the molecule is N#Cc1ccc(S(=O)(=O)NCC(O)c2ccc(F)cc2)cc1. The number of benzene rings is 2. The van der Waals surface area contributed by atoms with Crippen LogP contribution in [0.25, 0.3) is 0 Å². The number of nitriles is 1. The van der Waals surface area contributed by atoms with Gasteiger partial charge in [-0.25, -0.2) is 17.5 Å². The van der Waals surface area contributed by atoms with Crippen molar-refractivity contribution < 1.29 is 17.9 Å². The van der Waals surface area contributed by atoms with E-state index in [1.54, 1.807) is 0 Å². The van der Waals surface area contributed by atoms with E-state index in [2.05, 4.69) is 4.72 Å². The molecule has 1 unspecified atom stereocenters. The van der Waals surface area contributed by atoms with Crippen molar-refractivity contribution in [3.8, 4) is 6.07 Å². The molecule has 2 N–H and O–H groups in total. The minimum absolute atomic E-state index is 0.00203. The lowest BCUT2D eigenvalue weighted by atomic mass is 10.1. The van der Waals surface area contributed by atoms with Crippen molar-refractivity contribution in [1.29, 1.82) is 5.26 Å². The fourth-order valence-corrected chi connectivity index (χ4v) is 2.82. The van der Waals surface area contributed by atoms with Gasteiger partial charge in [0.1, 0.15) is 5.82 Å². The van der Waals surface area contributed by atoms with Gasteiger partial charge >= 0.3 is 0 Å². The van der Waals surface area contributed by atoms with Crippen molar-refractivity contribution in [2.24, 2.45) is 0 Å². The molecule has 0 aliphatic rings. The number of aliphatic hydroxyl groups is 1. The summed E-state index contributed by atoms with van der Waals surface area (Å²) in [4.78, 5) is -0.00203. The Hall–Kier alpha value is -2.27. The summed E-state index contributed by atoms with van der Waals surface area (Å²) in [5.74, 6) is -0.436. The number of rotatable bonds is 5. The average molecular weight is 320 g/mol. The van der Waals surface area contributed by atoms with E-state index in [1.807, 2.05) is 6.07 Å². The van der Waals surface area contributed by atoms with Gasteiger partial charge in [-0.15, -0.1) is 0 Å². The molecule has 0 saturated heterocycles. The minimum Gasteiger partial charge on any atom is -0.387 e. The number of sulfonamides is 1. The van der Waals surface area contributed by atoms with Crippen LogP contribution in [-0.4, -0.2) is 20.1 Å². The molecule has 0 fully saturated rings. The number of nitrogens with zero attached hydrogens (tertiary/aromatic N) is 1. The van der Waals surface area contributed by atoms with Crippen molar-refractivity contribution >= 4 is 10.0 Å². The first-order valence-electron chi connectivity index (χ1n) is 6.36. The highest BCUT2D eigenvalue weighted by Gasteiger charge is 2.16. The highest BCUT2D eigenvalue weighted by molar-refractivity contribution is 7.89. The second-order valence-electron chi connectivity index (χ2n) is 4.56. The van der Waals surface area contributed by atoms with Crippen LogP contribution in [0.15, 0.2) is 53.4 Å². The second-order valence-corrected chi connectivity index (χ2v) is 6.32. The molecule has 2 rings (SSSR count). The first kappa shape index (κ1) is 16.1. The Morgan fingerprint density at radius 2 is 1.73 bits per heavy atom. The Morgan fingerprint density at radius 3 is 2.27 bits per heavy atom. The predicted molar refractivity (Wildman–Crippen MR) is 77.7 cm³/mol. The largest absolute Gasteiger partial charge is 0.387 e. The van der Waals surface area contributed by atoms with Gasteiger partial charge in [0.05, 0.1) is 22.6 Å². The molecular formula is C15H13FN2O3S. The Morgan fingerprint density at radius 1 is 1.14 bits per heavy atom. The Labute approximate surface area is 127 Å². The monoisotopic (exact) mass is 320 g/mol. The highest BCUT2D eigenvalue weighted by atomic mass is 32.2. The minimum atomic E-state index is -3.79. The smallest absolute Gasteiger partial charge is 0.240 e. The summed E-state index contributed by atoms with van der Waals surface area (Å²) >= 11 is 0. The van der Waals surface area contributed by atoms with Crippen LogP contribution in [0.5, 0.6) is 0 Å². The van der Waals surface area contributed by atoms with Crippen molar-refractivity contribution in [2.75, 3.05) is 6.54 Å². The molecule has 114 valence electrons. The zero-order valence-corrected chi connectivity index (χ0v) is 12.2. The molecule has 0 aliphatic carbocycles. The summed E-state index contributed by atoms with van der Waals surface area (Å²) in [6, 6.07) is 12.5. The van der Waals surface area contributed by atoms with Crippen LogP contribution in [0.3, 0.4) is 0 Å². The number of halogens is 1. The van der Waals surface area contributed by atoms with Gasteiger partial charge < -0.3 is 5.11 Å². The maximum Gasteiger partial charge on any atom is 0.240 e. The molecule has 7 heteroatoms. The highest BCUT2D eigenvalue weighted by Crippen LogP contribution is 2.15. The van der Waals surface area contributed by atoms with Crippen LogP contribution in [0.2, 0.25) is 0 Å². The quantitative estimate of drug-likeness (QED) is 0.877. The van der Waals surface area contributed by atoms with Gasteiger partial charge in [-0.3, -0.25) is 0 Å². The van der Waals surface area contributed by atoms with E-state index in [1.165, 1.54) is 48.5 Å². The van der Waals surface area contributed by atoms with E-state index >= 15 is 0 Å². The molecule has 22 heavy (non-hydrogen) atoms. The fourth-order valence-electron chi connectivity index (χ4n) is 1.78. The average Bonchev–Trinajstić information content (AvgIpc) is 2.53. The van der Waals surface area contributed by atoms with E-state index < -0.39 is 21.9 Å². The molecule has 0 bridgehead atoms. The lowest BCUT2D eigenvalue weighted by Gasteiger charge is -2.12. The summed E-state index contributed by atoms with van der Waals surface area (Å²) in [5.41, 5.74) is 0.759. The standard InChI is InChI=1S/C15H13FN2O3S/c16-13-5-3-12(4-6-13)15(19)10-18-22(20,21)14-7-1-11(9-17)2-8-14/h1-8,15,18-19H,10H2. The van der Waals surface area contributed by atoms with Crippen molar-refractivity contribution in [3.63, 3.8) is 0 Å². The van der Waals surface area contributed by atoms with Gasteiger partial charge in [-0.2, -0.15) is 5.26 Å². The molecule has 0 heterocycles. The third-order valence-corrected chi connectivity index (χ3v) is 4.45. The lowest BCUT2D eigenvalue weighted by Crippen LogP contribution is -2.28. The molecule has 0 amide bonds. The van der Waals surface area contributed by atoms with Crippen molar-refractivity contribution in [1.82, 2.24) is 4.72 Å². The molecular weight excluding hydrogens is 307 g/mol. The van der Waals surface area contributed by atoms with Gasteiger partial charge in [0.25, 0.3) is 0 Å². The fraction of sp³-hybridized carbons (Fsp3) is 0.133. The molecule has 2 aromatic carbocycles. The van der Waals surface area contributed by atoms with E-state index in [0.717, 1.165) is 0 Å². The van der Waals surface area contributed by atoms with Gasteiger partial charge in [0.15, 0.2) is 0 Å². The van der Waals surface area contributed by atoms with Gasteiger partial charge in [-0.1, -0.05) is 12.1 Å². The summed E-state index contributed by atoms with van der Waals surface area (Å²) in [5, 5.41) is 18.6. The first-order valence-corrected chi connectivity index (χ1v) is 7.84.